The second kappa shape index (κ2) is 14.6. The van der Waals surface area contributed by atoms with Crippen molar-refractivity contribution < 1.29 is 31.2 Å². The smallest absolute Gasteiger partial charge is 0.352 e. The summed E-state index contributed by atoms with van der Waals surface area (Å²) in [5.74, 6) is -0.200. The Balaban J connectivity index is 1.20. The van der Waals surface area contributed by atoms with Crippen LogP contribution in [0.3, 0.4) is 0 Å². The molecule has 15 heteroatoms. The molecule has 6 rings (SSSR count). The quantitative estimate of drug-likeness (QED) is 0.325. The van der Waals surface area contributed by atoms with Crippen LogP contribution in [0.5, 0.6) is 0 Å². The van der Waals surface area contributed by atoms with Crippen LogP contribution in [0.25, 0.3) is 11.3 Å². The summed E-state index contributed by atoms with van der Waals surface area (Å²) in [5.41, 5.74) is 1.94. The van der Waals surface area contributed by atoms with Gasteiger partial charge in [0.2, 0.25) is 21.8 Å². The van der Waals surface area contributed by atoms with E-state index in [0.717, 1.165) is 69.9 Å². The predicted molar refractivity (Wildman–Crippen MR) is 176 cm³/mol. The lowest BCUT2D eigenvalue weighted by molar-refractivity contribution is -0.138. The Hall–Kier alpha value is -3.82. The first kappa shape index (κ1) is 35.0. The van der Waals surface area contributed by atoms with E-state index in [1.807, 2.05) is 9.58 Å². The van der Waals surface area contributed by atoms with Gasteiger partial charge in [-0.1, -0.05) is 12.1 Å². The number of alkyl halides is 3. The minimum atomic E-state index is -4.65. The molecule has 2 fully saturated rings. The maximum absolute atomic E-state index is 14.1. The fourth-order valence-electron chi connectivity index (χ4n) is 7.21. The highest BCUT2D eigenvalue weighted by molar-refractivity contribution is 7.88. The lowest BCUT2D eigenvalue weighted by atomic mass is 9.97. The molecule has 2 aromatic heterocycles. The van der Waals surface area contributed by atoms with Crippen LogP contribution < -0.4 is 5.32 Å². The van der Waals surface area contributed by atoms with Crippen molar-refractivity contribution in [3.8, 4) is 11.3 Å². The first-order chi connectivity index (χ1) is 23.4. The Morgan fingerprint density at radius 3 is 2.51 bits per heavy atom. The molecule has 0 aliphatic carbocycles. The SMILES string of the molecule is CS(=O)(=O)N1CCc2c(c(-c3ccc(C(F)(F)F)c(CNC(=O)Cc4ccccn4)c3)nn2CCCN2CCC(N3CCCC3=O)CC2)C1. The molecule has 2 saturated heterocycles. The van der Waals surface area contributed by atoms with Crippen LogP contribution in [0.4, 0.5) is 13.2 Å². The summed E-state index contributed by atoms with van der Waals surface area (Å²) in [4.78, 5) is 33.3. The van der Waals surface area contributed by atoms with Crippen LogP contribution in [0.15, 0.2) is 42.6 Å². The number of piperidine rings is 1. The highest BCUT2D eigenvalue weighted by Gasteiger charge is 2.35. The number of nitrogens with one attached hydrogen (secondary N) is 1. The molecule has 0 atom stereocenters. The summed E-state index contributed by atoms with van der Waals surface area (Å²) in [5, 5.41) is 7.47. The Kier molecular flexibility index (Phi) is 10.4. The molecule has 264 valence electrons. The fourth-order valence-corrected chi connectivity index (χ4v) is 7.99. The topological polar surface area (TPSA) is 121 Å². The largest absolute Gasteiger partial charge is 0.416 e. The number of benzene rings is 1. The molecule has 0 unspecified atom stereocenters. The van der Waals surface area contributed by atoms with Gasteiger partial charge in [-0.15, -0.1) is 0 Å². The van der Waals surface area contributed by atoms with Crippen molar-refractivity contribution >= 4 is 21.8 Å². The molecule has 2 amide bonds. The number of pyridine rings is 1. The minimum Gasteiger partial charge on any atom is -0.352 e. The van der Waals surface area contributed by atoms with Gasteiger partial charge in [0.05, 0.1) is 23.9 Å². The van der Waals surface area contributed by atoms with Gasteiger partial charge in [-0.2, -0.15) is 22.6 Å². The monoisotopic (exact) mass is 701 g/mol. The number of sulfonamides is 1. The van der Waals surface area contributed by atoms with Crippen LogP contribution in [0, 0.1) is 0 Å². The summed E-state index contributed by atoms with van der Waals surface area (Å²) >= 11 is 0. The standard InChI is InChI=1S/C34H42F3N7O4S/c1-49(47,48)42-19-12-30-28(23-42)33(40-44(30)16-5-14-41-17-10-27(11-18-41)43-15-4-7-32(43)46)24-8-9-29(34(35,36)37)25(20-24)22-39-31(45)21-26-6-2-3-13-38-26/h2-3,6,8-9,13,20,27H,4-5,7,10-12,14-19,21-23H2,1H3,(H,39,45). The number of carbonyl (C=O) groups is 2. The third kappa shape index (κ3) is 8.32. The van der Waals surface area contributed by atoms with Gasteiger partial charge in [0.15, 0.2) is 0 Å². The average Bonchev–Trinajstić information content (AvgIpc) is 3.66. The van der Waals surface area contributed by atoms with Crippen LogP contribution >= 0.6 is 0 Å². The van der Waals surface area contributed by atoms with E-state index in [1.54, 1.807) is 24.4 Å². The minimum absolute atomic E-state index is 0.0722. The third-order valence-corrected chi connectivity index (χ3v) is 11.0. The van der Waals surface area contributed by atoms with E-state index in [9.17, 15) is 31.2 Å². The summed E-state index contributed by atoms with van der Waals surface area (Å²) in [6, 6.07) is 9.18. The van der Waals surface area contributed by atoms with Gasteiger partial charge in [-0.05, 0) is 62.1 Å². The molecule has 0 saturated carbocycles. The molecular formula is C34H42F3N7O4S. The molecule has 49 heavy (non-hydrogen) atoms. The second-order valence-corrected chi connectivity index (χ2v) is 15.1. The number of hydrogen-bond acceptors (Lipinski definition) is 7. The van der Waals surface area contributed by atoms with E-state index in [-0.39, 0.29) is 31.0 Å². The summed E-state index contributed by atoms with van der Waals surface area (Å²) in [7, 11) is -3.52. The van der Waals surface area contributed by atoms with Crippen LogP contribution in [0.1, 0.15) is 60.2 Å². The molecule has 3 aromatic rings. The molecule has 5 heterocycles. The number of aryl methyl sites for hydroxylation is 1. The van der Waals surface area contributed by atoms with Gasteiger partial charge >= 0.3 is 6.18 Å². The molecule has 1 N–H and O–H groups in total. The van der Waals surface area contributed by atoms with Crippen molar-refractivity contribution in [2.45, 2.75) is 76.8 Å². The molecule has 0 spiro atoms. The molecule has 3 aliphatic rings. The molecule has 1 aromatic carbocycles. The zero-order chi connectivity index (χ0) is 34.8. The summed E-state index contributed by atoms with van der Waals surface area (Å²) in [6.07, 6.45) is 2.68. The number of halogens is 3. The van der Waals surface area contributed by atoms with Crippen LogP contribution in [-0.2, 0) is 58.3 Å². The first-order valence-electron chi connectivity index (χ1n) is 16.8. The number of carbonyl (C=O) groups excluding carboxylic acids is 2. The summed E-state index contributed by atoms with van der Waals surface area (Å²) in [6.45, 7) is 4.10. The number of aromatic nitrogens is 3. The van der Waals surface area contributed by atoms with Crippen LogP contribution in [-0.4, -0.2) is 94.1 Å². The maximum Gasteiger partial charge on any atom is 0.416 e. The Bertz CT molecular complexity index is 1770. The van der Waals surface area contributed by atoms with Crippen molar-refractivity contribution in [2.24, 2.45) is 0 Å². The number of hydrogen-bond donors (Lipinski definition) is 1. The van der Waals surface area contributed by atoms with Crippen molar-refractivity contribution in [3.63, 3.8) is 0 Å². The number of rotatable bonds is 11. The Labute approximate surface area is 284 Å². The number of amides is 2. The van der Waals surface area contributed by atoms with E-state index in [2.05, 4.69) is 15.2 Å². The van der Waals surface area contributed by atoms with E-state index in [1.165, 1.54) is 16.4 Å². The highest BCUT2D eigenvalue weighted by Crippen LogP contribution is 2.37. The van der Waals surface area contributed by atoms with Crippen molar-refractivity contribution in [3.05, 3.63) is 70.7 Å². The molecule has 11 nitrogen and oxygen atoms in total. The Morgan fingerprint density at radius 1 is 1.04 bits per heavy atom. The van der Waals surface area contributed by atoms with Gasteiger partial charge in [0.1, 0.15) is 0 Å². The molecular weight excluding hydrogens is 659 g/mol. The average molecular weight is 702 g/mol. The number of nitrogens with zero attached hydrogens (tertiary/aromatic N) is 6. The lowest BCUT2D eigenvalue weighted by Gasteiger charge is -2.36. The third-order valence-electron chi connectivity index (χ3n) is 9.75. The first-order valence-corrected chi connectivity index (χ1v) is 18.6. The normalized spacial score (nSPS) is 18.2. The lowest BCUT2D eigenvalue weighted by Crippen LogP contribution is -2.45. The van der Waals surface area contributed by atoms with Gasteiger partial charge in [0.25, 0.3) is 0 Å². The fraction of sp³-hybridized carbons (Fsp3) is 0.529. The van der Waals surface area contributed by atoms with E-state index in [4.69, 9.17) is 5.10 Å². The Morgan fingerprint density at radius 2 is 1.84 bits per heavy atom. The van der Waals surface area contributed by atoms with E-state index < -0.39 is 27.7 Å². The maximum atomic E-state index is 14.1. The van der Waals surface area contributed by atoms with Gasteiger partial charge in [-0.25, -0.2) is 8.42 Å². The summed E-state index contributed by atoms with van der Waals surface area (Å²) < 4.78 is 70.5. The van der Waals surface area contributed by atoms with Gasteiger partial charge in [-0.3, -0.25) is 19.3 Å². The molecule has 0 radical (unpaired) electrons. The zero-order valence-electron chi connectivity index (χ0n) is 27.6. The van der Waals surface area contributed by atoms with Crippen LogP contribution in [0.2, 0.25) is 0 Å². The predicted octanol–water partition coefficient (Wildman–Crippen LogP) is 3.62. The second-order valence-electron chi connectivity index (χ2n) is 13.1. The van der Waals surface area contributed by atoms with E-state index >= 15 is 0 Å². The van der Waals surface area contributed by atoms with Gasteiger partial charge < -0.3 is 15.1 Å². The van der Waals surface area contributed by atoms with Crippen molar-refractivity contribution in [2.75, 3.05) is 39.0 Å². The van der Waals surface area contributed by atoms with Crippen molar-refractivity contribution in [1.29, 1.82) is 0 Å². The molecule has 0 bridgehead atoms. The van der Waals surface area contributed by atoms with E-state index in [0.29, 0.717) is 54.5 Å². The van der Waals surface area contributed by atoms with Gasteiger partial charge in [0, 0.05) is 93.4 Å². The number of likely N-dealkylation sites (tertiary alicyclic amines) is 2. The zero-order valence-corrected chi connectivity index (χ0v) is 28.4. The van der Waals surface area contributed by atoms with Crippen molar-refractivity contribution in [1.82, 2.24) is 34.2 Å². The highest BCUT2D eigenvalue weighted by atomic mass is 32.2. The number of fused-ring (bicyclic) bond motifs is 1. The molecule has 3 aliphatic heterocycles.